The lowest BCUT2D eigenvalue weighted by Gasteiger charge is -2.35. The Kier molecular flexibility index (Phi) is 5.40. The molecule has 124 valence electrons. The van der Waals surface area contributed by atoms with Gasteiger partial charge in [0.15, 0.2) is 0 Å². The van der Waals surface area contributed by atoms with E-state index in [1.807, 2.05) is 21.7 Å². The Morgan fingerprint density at radius 2 is 2.39 bits per heavy atom. The fourth-order valence-corrected chi connectivity index (χ4v) is 3.54. The van der Waals surface area contributed by atoms with E-state index in [-0.39, 0.29) is 11.9 Å². The van der Waals surface area contributed by atoms with Crippen LogP contribution in [0.3, 0.4) is 0 Å². The van der Waals surface area contributed by atoms with Crippen molar-refractivity contribution in [3.05, 3.63) is 22.7 Å². The second-order valence-electron chi connectivity index (χ2n) is 5.71. The number of carbonyl (C=O) groups is 1. The van der Waals surface area contributed by atoms with Crippen LogP contribution in [-0.2, 0) is 16.0 Å². The van der Waals surface area contributed by atoms with E-state index in [0.29, 0.717) is 31.2 Å². The van der Waals surface area contributed by atoms with Crippen molar-refractivity contribution in [3.63, 3.8) is 0 Å². The fraction of sp³-hybridized carbons (Fsp3) is 0.562. The van der Waals surface area contributed by atoms with Crippen molar-refractivity contribution >= 4 is 17.2 Å². The average molecular weight is 335 g/mol. The molecule has 1 fully saturated rings. The standard InChI is InChI=1S/C16H21N3O3S/c1-21-10-13-4-2-3-8-19(13)15(20)6-5-14-17-18-16(22-14)12-7-9-23-11-12/h7,9,11,13H,2-6,8,10H2,1H3. The summed E-state index contributed by atoms with van der Waals surface area (Å²) in [5.74, 6) is 1.17. The number of methoxy groups -OCH3 is 1. The first-order valence-electron chi connectivity index (χ1n) is 7.91. The highest BCUT2D eigenvalue weighted by Gasteiger charge is 2.26. The molecule has 0 aromatic carbocycles. The van der Waals surface area contributed by atoms with Gasteiger partial charge >= 0.3 is 0 Å². The van der Waals surface area contributed by atoms with Gasteiger partial charge in [0.1, 0.15) is 0 Å². The van der Waals surface area contributed by atoms with Crippen molar-refractivity contribution in [3.8, 4) is 11.5 Å². The molecule has 2 aromatic rings. The van der Waals surface area contributed by atoms with Crippen molar-refractivity contribution in [2.45, 2.75) is 38.1 Å². The number of hydrogen-bond donors (Lipinski definition) is 0. The SMILES string of the molecule is COCC1CCCCN1C(=O)CCc1nnc(-c2ccsc2)o1. The number of ether oxygens (including phenoxy) is 1. The van der Waals surface area contributed by atoms with Crippen molar-refractivity contribution < 1.29 is 13.9 Å². The summed E-state index contributed by atoms with van der Waals surface area (Å²) >= 11 is 1.59. The van der Waals surface area contributed by atoms with Crippen LogP contribution in [0.15, 0.2) is 21.2 Å². The van der Waals surface area contributed by atoms with Gasteiger partial charge in [-0.25, -0.2) is 0 Å². The molecule has 7 heteroatoms. The number of piperidine rings is 1. The van der Waals surface area contributed by atoms with E-state index in [9.17, 15) is 4.79 Å². The topological polar surface area (TPSA) is 68.5 Å². The molecule has 0 N–H and O–H groups in total. The van der Waals surface area contributed by atoms with E-state index in [1.54, 1.807) is 18.4 Å². The first kappa shape index (κ1) is 16.1. The van der Waals surface area contributed by atoms with Gasteiger partial charge in [-0.2, -0.15) is 11.3 Å². The summed E-state index contributed by atoms with van der Waals surface area (Å²) in [5, 5.41) is 12.0. The second kappa shape index (κ2) is 7.70. The van der Waals surface area contributed by atoms with Crippen LogP contribution in [0.1, 0.15) is 31.6 Å². The highest BCUT2D eigenvalue weighted by atomic mass is 32.1. The number of carbonyl (C=O) groups excluding carboxylic acids is 1. The van der Waals surface area contributed by atoms with Crippen molar-refractivity contribution in [2.75, 3.05) is 20.3 Å². The third kappa shape index (κ3) is 3.97. The van der Waals surface area contributed by atoms with Crippen LogP contribution in [0.5, 0.6) is 0 Å². The number of hydrogen-bond acceptors (Lipinski definition) is 6. The van der Waals surface area contributed by atoms with E-state index in [2.05, 4.69) is 10.2 Å². The minimum atomic E-state index is 0.141. The van der Waals surface area contributed by atoms with E-state index in [0.717, 1.165) is 31.4 Å². The molecule has 0 saturated carbocycles. The quantitative estimate of drug-likeness (QED) is 0.812. The molecule has 0 radical (unpaired) electrons. The Morgan fingerprint density at radius 3 is 3.17 bits per heavy atom. The van der Waals surface area contributed by atoms with Crippen LogP contribution >= 0.6 is 11.3 Å². The number of likely N-dealkylation sites (tertiary alicyclic amines) is 1. The van der Waals surface area contributed by atoms with Crippen molar-refractivity contribution in [1.82, 2.24) is 15.1 Å². The maximum absolute atomic E-state index is 12.5. The molecule has 3 heterocycles. The molecule has 23 heavy (non-hydrogen) atoms. The number of amides is 1. The van der Waals surface area contributed by atoms with Gasteiger partial charge in [-0.3, -0.25) is 4.79 Å². The molecular weight excluding hydrogens is 314 g/mol. The molecule has 1 saturated heterocycles. The molecule has 6 nitrogen and oxygen atoms in total. The summed E-state index contributed by atoms with van der Waals surface area (Å²) in [4.78, 5) is 14.4. The number of thiophene rings is 1. The van der Waals surface area contributed by atoms with E-state index < -0.39 is 0 Å². The third-order valence-corrected chi connectivity index (χ3v) is 4.78. The van der Waals surface area contributed by atoms with E-state index >= 15 is 0 Å². The zero-order valence-corrected chi connectivity index (χ0v) is 14.1. The molecule has 1 amide bonds. The van der Waals surface area contributed by atoms with Crippen molar-refractivity contribution in [2.24, 2.45) is 0 Å². The summed E-state index contributed by atoms with van der Waals surface area (Å²) in [6.07, 6.45) is 4.11. The van der Waals surface area contributed by atoms with Crippen LogP contribution in [0, 0.1) is 0 Å². The first-order chi connectivity index (χ1) is 11.3. The van der Waals surface area contributed by atoms with Gasteiger partial charge in [0.2, 0.25) is 17.7 Å². The fourth-order valence-electron chi connectivity index (χ4n) is 2.91. The van der Waals surface area contributed by atoms with Gasteiger partial charge < -0.3 is 14.1 Å². The van der Waals surface area contributed by atoms with Gasteiger partial charge in [-0.15, -0.1) is 10.2 Å². The number of rotatable bonds is 6. The Labute approximate surface area is 139 Å². The van der Waals surface area contributed by atoms with Gasteiger partial charge in [0, 0.05) is 37.4 Å². The van der Waals surface area contributed by atoms with Gasteiger partial charge in [0.25, 0.3) is 0 Å². The Hall–Kier alpha value is -1.73. The number of aryl methyl sites for hydroxylation is 1. The zero-order chi connectivity index (χ0) is 16.1. The minimum absolute atomic E-state index is 0.141. The molecule has 2 aromatic heterocycles. The van der Waals surface area contributed by atoms with Crippen LogP contribution in [0.25, 0.3) is 11.5 Å². The lowest BCUT2D eigenvalue weighted by Crippen LogP contribution is -2.46. The molecule has 1 unspecified atom stereocenters. The molecule has 0 spiro atoms. The van der Waals surface area contributed by atoms with E-state index in [1.165, 1.54) is 0 Å². The van der Waals surface area contributed by atoms with Gasteiger partial charge in [0.05, 0.1) is 12.6 Å². The second-order valence-corrected chi connectivity index (χ2v) is 6.49. The summed E-state index contributed by atoms with van der Waals surface area (Å²) in [6.45, 7) is 1.42. The Bertz CT molecular complexity index is 624. The van der Waals surface area contributed by atoms with Crippen LogP contribution in [0.4, 0.5) is 0 Å². The predicted octanol–water partition coefficient (Wildman–Crippen LogP) is 2.76. The molecular formula is C16H21N3O3S. The maximum atomic E-state index is 12.5. The van der Waals surface area contributed by atoms with Crippen LogP contribution < -0.4 is 0 Å². The predicted molar refractivity (Wildman–Crippen MR) is 87.2 cm³/mol. The molecule has 1 aliphatic heterocycles. The molecule has 0 bridgehead atoms. The Balaban J connectivity index is 1.56. The monoisotopic (exact) mass is 335 g/mol. The molecule has 0 aliphatic carbocycles. The smallest absolute Gasteiger partial charge is 0.248 e. The van der Waals surface area contributed by atoms with Crippen LogP contribution in [-0.4, -0.2) is 47.3 Å². The lowest BCUT2D eigenvalue weighted by molar-refractivity contribution is -0.136. The summed E-state index contributed by atoms with van der Waals surface area (Å²) in [7, 11) is 1.68. The van der Waals surface area contributed by atoms with Gasteiger partial charge in [-0.1, -0.05) is 0 Å². The van der Waals surface area contributed by atoms with Gasteiger partial charge in [-0.05, 0) is 30.7 Å². The van der Waals surface area contributed by atoms with Crippen LogP contribution in [0.2, 0.25) is 0 Å². The summed E-state index contributed by atoms with van der Waals surface area (Å²) < 4.78 is 10.9. The average Bonchev–Trinajstić information content (AvgIpc) is 3.24. The van der Waals surface area contributed by atoms with Crippen molar-refractivity contribution in [1.29, 1.82) is 0 Å². The highest BCUT2D eigenvalue weighted by Crippen LogP contribution is 2.22. The molecule has 1 aliphatic rings. The minimum Gasteiger partial charge on any atom is -0.421 e. The summed E-state index contributed by atoms with van der Waals surface area (Å²) in [5.41, 5.74) is 0.927. The zero-order valence-electron chi connectivity index (χ0n) is 13.2. The van der Waals surface area contributed by atoms with E-state index in [4.69, 9.17) is 9.15 Å². The lowest BCUT2D eigenvalue weighted by atomic mass is 10.0. The number of nitrogens with zero attached hydrogens (tertiary/aromatic N) is 3. The highest BCUT2D eigenvalue weighted by molar-refractivity contribution is 7.08. The normalized spacial score (nSPS) is 18.3. The largest absolute Gasteiger partial charge is 0.421 e. The molecule has 3 rings (SSSR count). The third-order valence-electron chi connectivity index (χ3n) is 4.09. The Morgan fingerprint density at radius 1 is 1.48 bits per heavy atom. The number of aromatic nitrogens is 2. The maximum Gasteiger partial charge on any atom is 0.248 e. The summed E-state index contributed by atoms with van der Waals surface area (Å²) in [6, 6.07) is 2.14. The molecule has 1 atom stereocenters. The first-order valence-corrected chi connectivity index (χ1v) is 8.85.